The van der Waals surface area contributed by atoms with Crippen LogP contribution in [0.2, 0.25) is 5.02 Å². The van der Waals surface area contributed by atoms with Gasteiger partial charge in [0.15, 0.2) is 0 Å². The Labute approximate surface area is 146 Å². The Morgan fingerprint density at radius 1 is 1.21 bits per heavy atom. The molecule has 2 aromatic rings. The number of aromatic nitrogens is 1. The number of esters is 1. The van der Waals surface area contributed by atoms with Gasteiger partial charge in [-0.05, 0) is 44.0 Å². The van der Waals surface area contributed by atoms with E-state index >= 15 is 0 Å². The van der Waals surface area contributed by atoms with Crippen molar-refractivity contribution in [1.29, 1.82) is 0 Å². The minimum Gasteiger partial charge on any atom is -0.465 e. The number of rotatable bonds is 4. The number of benzene rings is 1. The average Bonchev–Trinajstić information content (AvgIpc) is 2.87. The highest BCUT2D eigenvalue weighted by Gasteiger charge is 2.26. The van der Waals surface area contributed by atoms with Crippen LogP contribution in [0.4, 0.5) is 0 Å². The second-order valence-corrected chi connectivity index (χ2v) is 6.20. The first kappa shape index (κ1) is 18.1. The zero-order valence-electron chi connectivity index (χ0n) is 14.4. The van der Waals surface area contributed by atoms with Gasteiger partial charge < -0.3 is 14.6 Å². The molecule has 1 aromatic heterocycles. The summed E-state index contributed by atoms with van der Waals surface area (Å²) < 4.78 is 4.78. The maximum absolute atomic E-state index is 12.8. The molecule has 0 radical (unpaired) electrons. The van der Waals surface area contributed by atoms with Crippen LogP contribution in [0.25, 0.3) is 0 Å². The molecule has 1 aromatic carbocycles. The van der Waals surface area contributed by atoms with Crippen molar-refractivity contribution in [2.75, 3.05) is 14.2 Å². The van der Waals surface area contributed by atoms with Crippen molar-refractivity contribution in [1.82, 2.24) is 9.88 Å². The zero-order valence-corrected chi connectivity index (χ0v) is 15.2. The molecule has 0 aliphatic heterocycles. The smallest absolute Gasteiger partial charge is 0.339 e. The largest absolute Gasteiger partial charge is 0.465 e. The third-order valence-electron chi connectivity index (χ3n) is 4.29. The maximum Gasteiger partial charge on any atom is 0.339 e. The number of H-pyrrole nitrogens is 1. The molecule has 0 saturated carbocycles. The first-order valence-electron chi connectivity index (χ1n) is 7.58. The molecule has 0 fully saturated rings. The lowest BCUT2D eigenvalue weighted by atomic mass is 10.1. The Morgan fingerprint density at radius 3 is 2.33 bits per heavy atom. The summed E-state index contributed by atoms with van der Waals surface area (Å²) in [6.45, 7) is 5.43. The molecule has 1 amide bonds. The first-order valence-corrected chi connectivity index (χ1v) is 7.95. The Balaban J connectivity index is 2.31. The molecule has 1 heterocycles. The standard InChI is InChI=1S/C18H21ClN2O3/c1-10-15(18(23)24-5)11(2)20-16(10)17(22)21(4)12(3)13-6-8-14(19)9-7-13/h6-9,12,20H,1-5H3. The van der Waals surface area contributed by atoms with E-state index in [1.165, 1.54) is 7.11 Å². The SMILES string of the molecule is COC(=O)c1c(C)[nH]c(C(=O)N(C)C(C)c2ccc(Cl)cc2)c1C. The van der Waals surface area contributed by atoms with Crippen molar-refractivity contribution in [3.8, 4) is 0 Å². The normalized spacial score (nSPS) is 11.9. The van der Waals surface area contributed by atoms with Crippen LogP contribution < -0.4 is 0 Å². The Kier molecular flexibility index (Phi) is 5.34. The number of halogens is 1. The predicted molar refractivity (Wildman–Crippen MR) is 93.6 cm³/mol. The van der Waals surface area contributed by atoms with Gasteiger partial charge in [0, 0.05) is 17.8 Å². The highest BCUT2D eigenvalue weighted by molar-refractivity contribution is 6.30. The molecule has 0 bridgehead atoms. The van der Waals surface area contributed by atoms with E-state index in [-0.39, 0.29) is 11.9 Å². The van der Waals surface area contributed by atoms with Crippen molar-refractivity contribution >= 4 is 23.5 Å². The molecule has 5 nitrogen and oxygen atoms in total. The second kappa shape index (κ2) is 7.09. The zero-order chi connectivity index (χ0) is 18.0. The van der Waals surface area contributed by atoms with E-state index in [0.717, 1.165) is 5.56 Å². The van der Waals surface area contributed by atoms with Crippen molar-refractivity contribution < 1.29 is 14.3 Å². The highest BCUT2D eigenvalue weighted by Crippen LogP contribution is 2.25. The molecule has 0 aliphatic carbocycles. The van der Waals surface area contributed by atoms with Crippen LogP contribution in [0.15, 0.2) is 24.3 Å². The quantitative estimate of drug-likeness (QED) is 0.852. The number of aromatic amines is 1. The fraction of sp³-hybridized carbons (Fsp3) is 0.333. The van der Waals surface area contributed by atoms with Crippen molar-refractivity contribution in [3.63, 3.8) is 0 Å². The topological polar surface area (TPSA) is 62.4 Å². The number of nitrogens with one attached hydrogen (secondary N) is 1. The maximum atomic E-state index is 12.8. The van der Waals surface area contributed by atoms with Crippen LogP contribution in [0.1, 0.15) is 50.6 Å². The predicted octanol–water partition coefficient (Wildman–Crippen LogP) is 3.90. The molecule has 1 N–H and O–H groups in total. The fourth-order valence-corrected chi connectivity index (χ4v) is 2.82. The summed E-state index contributed by atoms with van der Waals surface area (Å²) >= 11 is 5.91. The van der Waals surface area contributed by atoms with Gasteiger partial charge in [-0.3, -0.25) is 4.79 Å². The van der Waals surface area contributed by atoms with Gasteiger partial charge in [0.1, 0.15) is 5.69 Å². The van der Waals surface area contributed by atoms with Gasteiger partial charge in [0.05, 0.1) is 18.7 Å². The summed E-state index contributed by atoms with van der Waals surface area (Å²) in [5, 5.41) is 0.651. The Hall–Kier alpha value is -2.27. The summed E-state index contributed by atoms with van der Waals surface area (Å²) in [5.41, 5.74) is 3.00. The number of nitrogens with zero attached hydrogens (tertiary/aromatic N) is 1. The van der Waals surface area contributed by atoms with Gasteiger partial charge in [0.25, 0.3) is 5.91 Å². The van der Waals surface area contributed by atoms with Crippen molar-refractivity contribution in [2.45, 2.75) is 26.8 Å². The summed E-state index contributed by atoms with van der Waals surface area (Å²) in [6.07, 6.45) is 0. The summed E-state index contributed by atoms with van der Waals surface area (Å²) in [4.78, 5) is 29.3. The van der Waals surface area contributed by atoms with Gasteiger partial charge in [-0.2, -0.15) is 0 Å². The third-order valence-corrected chi connectivity index (χ3v) is 4.55. The van der Waals surface area contributed by atoms with Gasteiger partial charge in [-0.25, -0.2) is 4.79 Å². The molecule has 2 rings (SSSR count). The number of methoxy groups -OCH3 is 1. The molecule has 24 heavy (non-hydrogen) atoms. The van der Waals surface area contributed by atoms with Crippen molar-refractivity contribution in [2.24, 2.45) is 0 Å². The van der Waals surface area contributed by atoms with E-state index in [1.807, 2.05) is 19.1 Å². The van der Waals surface area contributed by atoms with E-state index in [2.05, 4.69) is 4.98 Å². The van der Waals surface area contributed by atoms with Crippen molar-refractivity contribution in [3.05, 3.63) is 57.4 Å². The molecule has 6 heteroatoms. The number of amides is 1. The van der Waals surface area contributed by atoms with E-state index in [9.17, 15) is 9.59 Å². The van der Waals surface area contributed by atoms with Gasteiger partial charge in [-0.1, -0.05) is 23.7 Å². The lowest BCUT2D eigenvalue weighted by Crippen LogP contribution is -2.30. The van der Waals surface area contributed by atoms with Gasteiger partial charge in [0.2, 0.25) is 0 Å². The first-order chi connectivity index (χ1) is 11.3. The molecule has 0 spiro atoms. The number of carbonyl (C=O) groups excluding carboxylic acids is 2. The molecule has 1 atom stereocenters. The van der Waals surface area contributed by atoms with Crippen LogP contribution in [0.5, 0.6) is 0 Å². The third kappa shape index (κ3) is 3.31. The number of ether oxygens (including phenoxy) is 1. The van der Waals surface area contributed by atoms with Gasteiger partial charge >= 0.3 is 5.97 Å². The highest BCUT2D eigenvalue weighted by atomic mass is 35.5. The molecular weight excluding hydrogens is 328 g/mol. The fourth-order valence-electron chi connectivity index (χ4n) is 2.69. The number of carbonyl (C=O) groups is 2. The summed E-state index contributed by atoms with van der Waals surface area (Å²) in [7, 11) is 3.06. The Morgan fingerprint density at radius 2 is 1.79 bits per heavy atom. The molecule has 128 valence electrons. The van der Waals surface area contributed by atoms with Gasteiger partial charge in [-0.15, -0.1) is 0 Å². The van der Waals surface area contributed by atoms with Crippen LogP contribution in [-0.4, -0.2) is 35.9 Å². The minimum absolute atomic E-state index is 0.139. The van der Waals surface area contributed by atoms with E-state index in [4.69, 9.17) is 16.3 Å². The summed E-state index contributed by atoms with van der Waals surface area (Å²) in [5.74, 6) is -0.637. The van der Waals surface area contributed by atoms with E-state index in [0.29, 0.717) is 27.5 Å². The second-order valence-electron chi connectivity index (χ2n) is 5.76. The van der Waals surface area contributed by atoms with Crippen LogP contribution >= 0.6 is 11.6 Å². The number of aryl methyl sites for hydroxylation is 1. The average molecular weight is 349 g/mol. The number of hydrogen-bond acceptors (Lipinski definition) is 3. The summed E-state index contributed by atoms with van der Waals surface area (Å²) in [6, 6.07) is 7.24. The molecule has 0 aliphatic rings. The minimum atomic E-state index is -0.450. The lowest BCUT2D eigenvalue weighted by Gasteiger charge is -2.25. The lowest BCUT2D eigenvalue weighted by molar-refractivity contribution is 0.0599. The van der Waals surface area contributed by atoms with E-state index in [1.54, 1.807) is 37.9 Å². The number of hydrogen-bond donors (Lipinski definition) is 1. The van der Waals surface area contributed by atoms with Crippen LogP contribution in [0.3, 0.4) is 0 Å². The molecular formula is C18H21ClN2O3. The van der Waals surface area contributed by atoms with Crippen LogP contribution in [0, 0.1) is 13.8 Å². The van der Waals surface area contributed by atoms with E-state index < -0.39 is 5.97 Å². The molecule has 0 saturated heterocycles. The Bertz CT molecular complexity index is 765. The monoisotopic (exact) mass is 348 g/mol. The van der Waals surface area contributed by atoms with Crippen LogP contribution in [-0.2, 0) is 4.74 Å². The molecule has 1 unspecified atom stereocenters.